The third kappa shape index (κ3) is 4.95. The van der Waals surface area contributed by atoms with Crippen molar-refractivity contribution >= 4 is 39.1 Å². The van der Waals surface area contributed by atoms with E-state index in [9.17, 15) is 25.0 Å². The van der Waals surface area contributed by atoms with Gasteiger partial charge in [-0.05, 0) is 42.5 Å². The third-order valence-electron chi connectivity index (χ3n) is 5.08. The van der Waals surface area contributed by atoms with Gasteiger partial charge in [0.2, 0.25) is 23.8 Å². The zero-order chi connectivity index (χ0) is 26.0. The second-order valence-electron chi connectivity index (χ2n) is 7.43. The first-order valence-corrected chi connectivity index (χ1v) is 11.1. The van der Waals surface area contributed by atoms with Gasteiger partial charge in [0.25, 0.3) is 5.69 Å². The standard InChI is InChI=1S/C23H17BrN4O8/c1-13(29)26-23(36-22(25-26)14-4-3-5-16(24)10-14)15-6-8-20(21(11-15)34-2)35-19-9-7-17(27(30)31)12-18(19)28(32)33/h3-12,23H,1-2H3/t23-/m0/s1. The maximum Gasteiger partial charge on any atom is 0.318 e. The number of halogens is 1. The molecule has 3 aromatic carbocycles. The van der Waals surface area contributed by atoms with E-state index in [0.29, 0.717) is 11.1 Å². The first-order chi connectivity index (χ1) is 17.2. The van der Waals surface area contributed by atoms with Gasteiger partial charge in [-0.1, -0.05) is 22.0 Å². The summed E-state index contributed by atoms with van der Waals surface area (Å²) in [5.74, 6) is -0.0237. The van der Waals surface area contributed by atoms with Crippen molar-refractivity contribution in [3.63, 3.8) is 0 Å². The number of carbonyl (C=O) groups excluding carboxylic acids is 1. The predicted octanol–water partition coefficient (Wildman–Crippen LogP) is 5.31. The summed E-state index contributed by atoms with van der Waals surface area (Å²) in [6, 6.07) is 14.9. The van der Waals surface area contributed by atoms with Gasteiger partial charge in [0, 0.05) is 28.6 Å². The maximum atomic E-state index is 12.3. The summed E-state index contributed by atoms with van der Waals surface area (Å²) >= 11 is 3.40. The van der Waals surface area contributed by atoms with Crippen LogP contribution in [0, 0.1) is 20.2 Å². The molecule has 184 valence electrons. The Balaban J connectivity index is 1.65. The van der Waals surface area contributed by atoms with Gasteiger partial charge in [0.1, 0.15) is 0 Å². The highest BCUT2D eigenvalue weighted by molar-refractivity contribution is 9.10. The van der Waals surface area contributed by atoms with E-state index in [1.165, 1.54) is 25.1 Å². The number of rotatable bonds is 7. The van der Waals surface area contributed by atoms with Gasteiger partial charge >= 0.3 is 5.69 Å². The summed E-state index contributed by atoms with van der Waals surface area (Å²) in [6.07, 6.45) is -0.895. The fraction of sp³-hybridized carbons (Fsp3) is 0.130. The number of nitrogens with zero attached hydrogens (tertiary/aromatic N) is 4. The van der Waals surface area contributed by atoms with E-state index in [1.807, 2.05) is 12.1 Å². The van der Waals surface area contributed by atoms with E-state index in [4.69, 9.17) is 14.2 Å². The predicted molar refractivity (Wildman–Crippen MR) is 130 cm³/mol. The molecule has 0 spiro atoms. The van der Waals surface area contributed by atoms with Crippen LogP contribution in [0.4, 0.5) is 11.4 Å². The molecule has 0 unspecified atom stereocenters. The fourth-order valence-corrected chi connectivity index (χ4v) is 3.81. The number of benzene rings is 3. The Labute approximate surface area is 212 Å². The van der Waals surface area contributed by atoms with Crippen molar-refractivity contribution in [1.82, 2.24) is 5.01 Å². The van der Waals surface area contributed by atoms with Crippen LogP contribution >= 0.6 is 15.9 Å². The van der Waals surface area contributed by atoms with Gasteiger partial charge in [-0.3, -0.25) is 25.0 Å². The molecule has 0 fully saturated rings. The van der Waals surface area contributed by atoms with Crippen molar-refractivity contribution < 1.29 is 28.9 Å². The van der Waals surface area contributed by atoms with Crippen LogP contribution in [0.25, 0.3) is 0 Å². The first kappa shape index (κ1) is 24.6. The largest absolute Gasteiger partial charge is 0.493 e. The van der Waals surface area contributed by atoms with Crippen LogP contribution in [0.5, 0.6) is 17.2 Å². The molecule has 1 atom stereocenters. The Bertz CT molecular complexity index is 1410. The Morgan fingerprint density at radius 1 is 1.03 bits per heavy atom. The molecule has 1 amide bonds. The van der Waals surface area contributed by atoms with Crippen LogP contribution in [0.2, 0.25) is 0 Å². The SMILES string of the molecule is COc1cc([C@@H]2OC(c3cccc(Br)c3)=NN2C(C)=O)ccc1Oc1ccc([N+](=O)[O-])cc1[N+](=O)[O-]. The van der Waals surface area contributed by atoms with E-state index in [0.717, 1.165) is 22.7 Å². The van der Waals surface area contributed by atoms with Gasteiger partial charge in [0.15, 0.2) is 11.5 Å². The Hall–Kier alpha value is -4.52. The molecule has 36 heavy (non-hydrogen) atoms. The molecule has 0 aliphatic carbocycles. The van der Waals surface area contributed by atoms with Crippen LogP contribution in [0.15, 0.2) is 70.2 Å². The van der Waals surface area contributed by atoms with E-state index in [-0.39, 0.29) is 29.1 Å². The van der Waals surface area contributed by atoms with E-state index in [2.05, 4.69) is 21.0 Å². The van der Waals surface area contributed by atoms with Crippen molar-refractivity contribution in [2.45, 2.75) is 13.2 Å². The van der Waals surface area contributed by atoms with Crippen LogP contribution in [-0.2, 0) is 9.53 Å². The second kappa shape index (κ2) is 10.00. The lowest BCUT2D eigenvalue weighted by atomic mass is 10.1. The van der Waals surface area contributed by atoms with E-state index in [1.54, 1.807) is 24.3 Å². The maximum absolute atomic E-state index is 12.3. The highest BCUT2D eigenvalue weighted by Gasteiger charge is 2.34. The normalized spacial score (nSPS) is 14.6. The average Bonchev–Trinajstić information content (AvgIpc) is 3.30. The number of hydrogen-bond acceptors (Lipinski definition) is 9. The van der Waals surface area contributed by atoms with Gasteiger partial charge < -0.3 is 14.2 Å². The molecule has 3 aromatic rings. The minimum atomic E-state index is -0.895. The molecular weight excluding hydrogens is 540 g/mol. The lowest BCUT2D eigenvalue weighted by Crippen LogP contribution is -2.25. The summed E-state index contributed by atoms with van der Waals surface area (Å²) in [5, 5.41) is 27.9. The molecule has 0 saturated carbocycles. The molecule has 1 aliphatic heterocycles. The Kier molecular flexibility index (Phi) is 6.83. The first-order valence-electron chi connectivity index (χ1n) is 10.3. The minimum absolute atomic E-state index is 0.110. The van der Waals surface area contributed by atoms with E-state index < -0.39 is 27.4 Å². The van der Waals surface area contributed by atoms with Gasteiger partial charge in [-0.2, -0.15) is 5.01 Å². The number of ether oxygens (including phenoxy) is 3. The number of nitro benzene ring substituents is 2. The van der Waals surface area contributed by atoms with Crippen molar-refractivity contribution in [3.8, 4) is 17.2 Å². The molecule has 0 saturated heterocycles. The number of carbonyl (C=O) groups is 1. The summed E-state index contributed by atoms with van der Waals surface area (Å²) in [7, 11) is 1.37. The second-order valence-corrected chi connectivity index (χ2v) is 8.34. The summed E-state index contributed by atoms with van der Waals surface area (Å²) in [4.78, 5) is 33.2. The van der Waals surface area contributed by atoms with Crippen LogP contribution in [0.3, 0.4) is 0 Å². The molecule has 0 radical (unpaired) electrons. The van der Waals surface area contributed by atoms with Gasteiger partial charge in [0.05, 0.1) is 23.0 Å². The molecule has 4 rings (SSSR count). The zero-order valence-electron chi connectivity index (χ0n) is 18.8. The Morgan fingerprint density at radius 2 is 1.78 bits per heavy atom. The quantitative estimate of drug-likeness (QED) is 0.281. The lowest BCUT2D eigenvalue weighted by molar-refractivity contribution is -0.394. The Morgan fingerprint density at radius 3 is 2.42 bits per heavy atom. The molecule has 13 heteroatoms. The molecule has 1 aliphatic rings. The number of nitro groups is 2. The summed E-state index contributed by atoms with van der Waals surface area (Å²) in [6.45, 7) is 1.35. The minimum Gasteiger partial charge on any atom is -0.493 e. The van der Waals surface area contributed by atoms with Crippen molar-refractivity contribution in [3.05, 3.63) is 96.5 Å². The number of amides is 1. The number of hydrogen-bond donors (Lipinski definition) is 0. The van der Waals surface area contributed by atoms with Crippen molar-refractivity contribution in [1.29, 1.82) is 0 Å². The molecule has 1 heterocycles. The van der Waals surface area contributed by atoms with Gasteiger partial charge in [-0.15, -0.1) is 5.10 Å². The average molecular weight is 557 g/mol. The van der Waals surface area contributed by atoms with Crippen LogP contribution in [0.1, 0.15) is 24.3 Å². The molecule has 0 aromatic heterocycles. The number of methoxy groups -OCH3 is 1. The molecule has 0 bridgehead atoms. The number of non-ortho nitro benzene ring substituents is 1. The zero-order valence-corrected chi connectivity index (χ0v) is 20.4. The molecular formula is C23H17BrN4O8. The van der Waals surface area contributed by atoms with E-state index >= 15 is 0 Å². The van der Waals surface area contributed by atoms with Crippen molar-refractivity contribution in [2.24, 2.45) is 5.10 Å². The number of hydrazone groups is 1. The highest BCUT2D eigenvalue weighted by Crippen LogP contribution is 2.40. The van der Waals surface area contributed by atoms with Gasteiger partial charge in [-0.25, -0.2) is 0 Å². The van der Waals surface area contributed by atoms with Crippen LogP contribution in [-0.4, -0.2) is 33.8 Å². The molecule has 0 N–H and O–H groups in total. The fourth-order valence-electron chi connectivity index (χ4n) is 3.41. The topological polar surface area (TPSA) is 147 Å². The summed E-state index contributed by atoms with van der Waals surface area (Å²) < 4.78 is 17.9. The smallest absolute Gasteiger partial charge is 0.318 e. The monoisotopic (exact) mass is 556 g/mol. The summed E-state index contributed by atoms with van der Waals surface area (Å²) in [5.41, 5.74) is 0.140. The highest BCUT2D eigenvalue weighted by atomic mass is 79.9. The third-order valence-corrected chi connectivity index (χ3v) is 5.57. The van der Waals surface area contributed by atoms with Crippen molar-refractivity contribution in [2.75, 3.05) is 7.11 Å². The lowest BCUT2D eigenvalue weighted by Gasteiger charge is -2.20. The van der Waals surface area contributed by atoms with Crippen LogP contribution < -0.4 is 9.47 Å². The molecule has 12 nitrogen and oxygen atoms in total.